The van der Waals surface area contributed by atoms with Crippen LogP contribution in [0.1, 0.15) is 52.4 Å². The highest BCUT2D eigenvalue weighted by Gasteiger charge is 2.12. The van der Waals surface area contributed by atoms with Crippen LogP contribution in [-0.4, -0.2) is 0 Å². The lowest BCUT2D eigenvalue weighted by molar-refractivity contribution is 0.269. The maximum absolute atomic E-state index is 5.50. The summed E-state index contributed by atoms with van der Waals surface area (Å²) in [4.78, 5) is 0. The van der Waals surface area contributed by atoms with Crippen LogP contribution < -0.4 is 0 Å². The molecule has 0 radical (unpaired) electrons. The average Bonchev–Trinajstić information content (AvgIpc) is 2.46. The van der Waals surface area contributed by atoms with Crippen molar-refractivity contribution in [3.63, 3.8) is 0 Å². The Labute approximate surface area is 123 Å². The molecule has 0 atom stereocenters. The molecule has 0 N–H and O–H groups in total. The molecule has 0 heterocycles. The lowest BCUT2D eigenvalue weighted by Gasteiger charge is -2.17. The molecular weight excluding hydrogens is 248 g/mol. The van der Waals surface area contributed by atoms with Gasteiger partial charge in [-0.25, -0.2) is 0 Å². The molecule has 0 bridgehead atoms. The fourth-order valence-corrected chi connectivity index (χ4v) is 1.75. The van der Waals surface area contributed by atoms with Crippen molar-refractivity contribution in [2.24, 2.45) is 5.92 Å². The van der Waals surface area contributed by atoms with Crippen molar-refractivity contribution in [3.8, 4) is 0 Å². The minimum atomic E-state index is 0.427. The molecule has 0 unspecified atom stereocenters. The quantitative estimate of drug-likeness (QED) is 0.360. The molecule has 0 aliphatic carbocycles. The third kappa shape index (κ3) is 10.1. The summed E-state index contributed by atoms with van der Waals surface area (Å²) in [5.74, 6) is 1.24. The van der Waals surface area contributed by atoms with Crippen LogP contribution in [0.3, 0.4) is 0 Å². The lowest BCUT2D eigenvalue weighted by Crippen LogP contribution is -2.05. The first-order chi connectivity index (χ1) is 9.76. The Morgan fingerprint density at radius 3 is 2.25 bits per heavy atom. The van der Waals surface area contributed by atoms with Gasteiger partial charge in [0.05, 0.1) is 6.26 Å². The monoisotopic (exact) mass is 274 g/mol. The number of unbranched alkanes of at least 4 members (excludes halogenated alkanes) is 2. The summed E-state index contributed by atoms with van der Waals surface area (Å²) in [7, 11) is 0. The molecule has 0 saturated carbocycles. The number of hydrogen-bond donors (Lipinski definition) is 0. The summed E-state index contributed by atoms with van der Waals surface area (Å²) in [6.07, 6.45) is 11.2. The van der Waals surface area contributed by atoms with E-state index in [1.165, 1.54) is 44.5 Å². The van der Waals surface area contributed by atoms with Crippen LogP contribution in [0.5, 0.6) is 0 Å². The molecular formula is C18H26O2. The predicted octanol–water partition coefficient (Wildman–Crippen LogP) is 5.61. The topological polar surface area (TPSA) is 18.5 Å². The minimum Gasteiger partial charge on any atom is -0.464 e. The molecule has 0 aromatic heterocycles. The molecule has 0 spiro atoms. The summed E-state index contributed by atoms with van der Waals surface area (Å²) >= 11 is 0. The highest BCUT2D eigenvalue weighted by atomic mass is 16.5. The second-order valence-corrected chi connectivity index (χ2v) is 4.52. The third-order valence-corrected chi connectivity index (χ3v) is 2.90. The summed E-state index contributed by atoms with van der Waals surface area (Å²) < 4.78 is 10.2. The van der Waals surface area contributed by atoms with Gasteiger partial charge in [0, 0.05) is 5.92 Å². The van der Waals surface area contributed by atoms with E-state index >= 15 is 0 Å². The van der Waals surface area contributed by atoms with Crippen molar-refractivity contribution in [1.82, 2.24) is 0 Å². The van der Waals surface area contributed by atoms with Gasteiger partial charge in [-0.05, 0) is 30.0 Å². The first-order valence-corrected chi connectivity index (χ1v) is 7.27. The molecule has 0 aliphatic heterocycles. The van der Waals surface area contributed by atoms with Gasteiger partial charge in [0.2, 0.25) is 0 Å². The van der Waals surface area contributed by atoms with Gasteiger partial charge in [-0.15, -0.1) is 0 Å². The van der Waals surface area contributed by atoms with Gasteiger partial charge in [-0.1, -0.05) is 52.7 Å². The van der Waals surface area contributed by atoms with Crippen LogP contribution >= 0.6 is 0 Å². The Balaban J connectivity index is 4.39. The van der Waals surface area contributed by atoms with Crippen LogP contribution in [0, 0.1) is 5.92 Å². The Morgan fingerprint density at radius 1 is 1.10 bits per heavy atom. The lowest BCUT2D eigenvalue weighted by atomic mass is 9.94. The SMILES string of the molecule is C=COC=C=C=C=COC(=C)C(CCCC)CCCC. The van der Waals surface area contributed by atoms with Gasteiger partial charge < -0.3 is 9.47 Å². The molecule has 110 valence electrons. The summed E-state index contributed by atoms with van der Waals surface area (Å²) in [5, 5.41) is 0. The van der Waals surface area contributed by atoms with Crippen LogP contribution in [0.15, 0.2) is 54.9 Å². The van der Waals surface area contributed by atoms with E-state index in [-0.39, 0.29) is 0 Å². The molecule has 0 aromatic carbocycles. The number of ether oxygens (including phenoxy) is 2. The van der Waals surface area contributed by atoms with E-state index in [2.05, 4.69) is 44.2 Å². The largest absolute Gasteiger partial charge is 0.464 e. The molecule has 20 heavy (non-hydrogen) atoms. The molecule has 0 aromatic rings. The first kappa shape index (κ1) is 18.2. The third-order valence-electron chi connectivity index (χ3n) is 2.90. The van der Waals surface area contributed by atoms with Crippen LogP contribution in [0.2, 0.25) is 0 Å². The number of rotatable bonds is 11. The zero-order chi connectivity index (χ0) is 15.1. The molecule has 0 rings (SSSR count). The van der Waals surface area contributed by atoms with E-state index in [1.54, 1.807) is 0 Å². The maximum Gasteiger partial charge on any atom is 0.141 e. The van der Waals surface area contributed by atoms with Crippen molar-refractivity contribution in [2.45, 2.75) is 52.4 Å². The Hall–Kier alpha value is -1.84. The minimum absolute atomic E-state index is 0.427. The summed E-state index contributed by atoms with van der Waals surface area (Å²) in [5.41, 5.74) is 8.02. The van der Waals surface area contributed by atoms with Gasteiger partial charge in [-0.2, -0.15) is 0 Å². The summed E-state index contributed by atoms with van der Waals surface area (Å²) in [6.45, 7) is 11.8. The van der Waals surface area contributed by atoms with Gasteiger partial charge in [0.25, 0.3) is 0 Å². The molecule has 2 heteroatoms. The smallest absolute Gasteiger partial charge is 0.141 e. The molecule has 0 aliphatic rings. The van der Waals surface area contributed by atoms with E-state index in [9.17, 15) is 0 Å². The van der Waals surface area contributed by atoms with E-state index in [0.29, 0.717) is 5.92 Å². The fourth-order valence-electron chi connectivity index (χ4n) is 1.75. The van der Waals surface area contributed by atoms with Gasteiger partial charge >= 0.3 is 0 Å². The van der Waals surface area contributed by atoms with Gasteiger partial charge in [0.1, 0.15) is 18.3 Å². The zero-order valence-electron chi connectivity index (χ0n) is 12.8. The fraction of sp³-hybridized carbons (Fsp3) is 0.500. The second-order valence-electron chi connectivity index (χ2n) is 4.52. The highest BCUT2D eigenvalue weighted by Crippen LogP contribution is 2.23. The first-order valence-electron chi connectivity index (χ1n) is 7.27. The Bertz CT molecular complexity index is 393. The van der Waals surface area contributed by atoms with Gasteiger partial charge in [-0.3, -0.25) is 0 Å². The van der Waals surface area contributed by atoms with Crippen molar-refractivity contribution in [1.29, 1.82) is 0 Å². The molecule has 0 amide bonds. The second kappa shape index (κ2) is 13.6. The normalized spacial score (nSPS) is 8.95. The highest BCUT2D eigenvalue weighted by molar-refractivity contribution is 4.94. The molecule has 0 saturated heterocycles. The van der Waals surface area contributed by atoms with E-state index < -0.39 is 0 Å². The van der Waals surface area contributed by atoms with E-state index in [0.717, 1.165) is 18.6 Å². The van der Waals surface area contributed by atoms with Crippen LogP contribution in [0.4, 0.5) is 0 Å². The zero-order valence-corrected chi connectivity index (χ0v) is 12.8. The Morgan fingerprint density at radius 2 is 1.70 bits per heavy atom. The van der Waals surface area contributed by atoms with Crippen molar-refractivity contribution in [3.05, 3.63) is 54.9 Å². The van der Waals surface area contributed by atoms with Crippen molar-refractivity contribution >= 4 is 0 Å². The predicted molar refractivity (Wildman–Crippen MR) is 83.7 cm³/mol. The van der Waals surface area contributed by atoms with Gasteiger partial charge in [0.15, 0.2) is 0 Å². The molecule has 2 nitrogen and oxygen atoms in total. The standard InChI is InChI=1S/C18H26O2/c1-5-8-13-18(14-9-6-2)17(4)20-16-12-10-11-15-19-7-3/h7,15-16,18H,3-6,8-9,13-14H2,1-2H3. The van der Waals surface area contributed by atoms with Crippen LogP contribution in [0.25, 0.3) is 0 Å². The maximum atomic E-state index is 5.50. The van der Waals surface area contributed by atoms with Crippen LogP contribution in [-0.2, 0) is 9.47 Å². The summed E-state index contributed by atoms with van der Waals surface area (Å²) in [6, 6.07) is 0. The average molecular weight is 274 g/mol. The van der Waals surface area contributed by atoms with Crippen molar-refractivity contribution < 1.29 is 9.47 Å². The Kier molecular flexibility index (Phi) is 12.3. The number of hydrogen-bond acceptors (Lipinski definition) is 2. The number of allylic oxidation sites excluding steroid dienone is 1. The van der Waals surface area contributed by atoms with Crippen molar-refractivity contribution in [2.75, 3.05) is 0 Å². The van der Waals surface area contributed by atoms with E-state index in [1.807, 2.05) is 0 Å². The van der Waals surface area contributed by atoms with E-state index in [4.69, 9.17) is 9.47 Å². The molecule has 0 fully saturated rings.